The summed E-state index contributed by atoms with van der Waals surface area (Å²) in [5, 5.41) is 0. The zero-order valence-electron chi connectivity index (χ0n) is 14.4. The highest BCUT2D eigenvalue weighted by atomic mass is 15.3. The normalized spacial score (nSPS) is 41.7. The average Bonchev–Trinajstić information content (AvgIpc) is 2.73. The van der Waals surface area contributed by atoms with Crippen molar-refractivity contribution in [2.75, 3.05) is 32.7 Å². The molecule has 0 amide bonds. The molecule has 2 saturated heterocycles. The molecule has 2 heterocycles. The van der Waals surface area contributed by atoms with E-state index < -0.39 is 0 Å². The van der Waals surface area contributed by atoms with Crippen LogP contribution in [0.3, 0.4) is 0 Å². The Morgan fingerprint density at radius 1 is 1.10 bits per heavy atom. The van der Waals surface area contributed by atoms with Crippen LogP contribution >= 0.6 is 0 Å². The second kappa shape index (κ2) is 5.82. The molecule has 0 radical (unpaired) electrons. The third kappa shape index (κ3) is 3.16. The molecule has 2 N–H and O–H groups in total. The largest absolute Gasteiger partial charge is 0.329 e. The first-order valence-corrected chi connectivity index (χ1v) is 9.13. The zero-order chi connectivity index (χ0) is 15.1. The van der Waals surface area contributed by atoms with E-state index in [0.717, 1.165) is 18.5 Å². The van der Waals surface area contributed by atoms with Crippen LogP contribution in [-0.4, -0.2) is 54.1 Å². The highest BCUT2D eigenvalue weighted by molar-refractivity contribution is 5.03. The van der Waals surface area contributed by atoms with Crippen molar-refractivity contribution in [2.24, 2.45) is 17.1 Å². The molecule has 3 unspecified atom stereocenters. The van der Waals surface area contributed by atoms with Gasteiger partial charge < -0.3 is 5.73 Å². The van der Waals surface area contributed by atoms with Gasteiger partial charge in [0.25, 0.3) is 0 Å². The molecule has 0 aromatic carbocycles. The Balaban J connectivity index is 1.80. The third-order valence-corrected chi connectivity index (χ3v) is 6.29. The van der Waals surface area contributed by atoms with E-state index in [9.17, 15) is 0 Å². The number of nitrogens with zero attached hydrogens (tertiary/aromatic N) is 2. The predicted molar refractivity (Wildman–Crippen MR) is 89.4 cm³/mol. The van der Waals surface area contributed by atoms with Crippen molar-refractivity contribution in [2.45, 2.75) is 70.9 Å². The van der Waals surface area contributed by atoms with Crippen LogP contribution in [0, 0.1) is 11.3 Å². The summed E-state index contributed by atoms with van der Waals surface area (Å²) in [4.78, 5) is 5.56. The molecule has 3 rings (SSSR count). The van der Waals surface area contributed by atoms with Gasteiger partial charge in [0.05, 0.1) is 0 Å². The molecule has 3 nitrogen and oxygen atoms in total. The van der Waals surface area contributed by atoms with Crippen LogP contribution < -0.4 is 5.73 Å². The first-order valence-electron chi connectivity index (χ1n) is 9.13. The monoisotopic (exact) mass is 293 g/mol. The van der Waals surface area contributed by atoms with E-state index in [1.807, 2.05) is 0 Å². The number of fused-ring (bicyclic) bond motifs is 1. The SMILES string of the molecule is CC1CC(C)(C)CC(CN)(N2CCCN3CCCC3C2)C1. The third-order valence-electron chi connectivity index (χ3n) is 6.29. The first kappa shape index (κ1) is 15.8. The summed E-state index contributed by atoms with van der Waals surface area (Å²) in [6, 6.07) is 0.802. The predicted octanol–water partition coefficient (Wildman–Crippen LogP) is 2.70. The fourth-order valence-electron chi connectivity index (χ4n) is 5.86. The van der Waals surface area contributed by atoms with Gasteiger partial charge >= 0.3 is 0 Å². The van der Waals surface area contributed by atoms with Gasteiger partial charge in [0.15, 0.2) is 0 Å². The van der Waals surface area contributed by atoms with Gasteiger partial charge in [-0.15, -0.1) is 0 Å². The smallest absolute Gasteiger partial charge is 0.0340 e. The van der Waals surface area contributed by atoms with E-state index in [-0.39, 0.29) is 5.54 Å². The molecule has 1 saturated carbocycles. The number of rotatable bonds is 2. The van der Waals surface area contributed by atoms with Gasteiger partial charge in [0.1, 0.15) is 0 Å². The molecule has 0 aromatic rings. The molecule has 3 heteroatoms. The Hall–Kier alpha value is -0.120. The maximum atomic E-state index is 6.39. The molecule has 3 fully saturated rings. The van der Waals surface area contributed by atoms with E-state index in [0.29, 0.717) is 5.41 Å². The van der Waals surface area contributed by atoms with Crippen LogP contribution in [0.25, 0.3) is 0 Å². The van der Waals surface area contributed by atoms with Crippen molar-refractivity contribution < 1.29 is 0 Å². The van der Waals surface area contributed by atoms with Crippen LogP contribution in [0.5, 0.6) is 0 Å². The summed E-state index contributed by atoms with van der Waals surface area (Å²) in [6.45, 7) is 13.3. The molecular formula is C18H35N3. The second-order valence-electron chi connectivity index (χ2n) is 8.91. The molecule has 0 bridgehead atoms. The van der Waals surface area contributed by atoms with Gasteiger partial charge in [-0.05, 0) is 62.9 Å². The highest BCUT2D eigenvalue weighted by Crippen LogP contribution is 2.46. The minimum absolute atomic E-state index is 0.264. The molecule has 0 aromatic heterocycles. The minimum atomic E-state index is 0.264. The van der Waals surface area contributed by atoms with Gasteiger partial charge in [-0.3, -0.25) is 9.80 Å². The topological polar surface area (TPSA) is 32.5 Å². The van der Waals surface area contributed by atoms with E-state index in [1.165, 1.54) is 64.7 Å². The Morgan fingerprint density at radius 3 is 2.57 bits per heavy atom. The van der Waals surface area contributed by atoms with Gasteiger partial charge in [-0.25, -0.2) is 0 Å². The Kier molecular flexibility index (Phi) is 4.37. The van der Waals surface area contributed by atoms with E-state index in [1.54, 1.807) is 0 Å². The quantitative estimate of drug-likeness (QED) is 0.849. The van der Waals surface area contributed by atoms with Crippen molar-refractivity contribution in [3.63, 3.8) is 0 Å². The van der Waals surface area contributed by atoms with E-state index in [4.69, 9.17) is 5.73 Å². The Morgan fingerprint density at radius 2 is 1.86 bits per heavy atom. The summed E-state index contributed by atoms with van der Waals surface area (Å²) in [5.74, 6) is 0.806. The number of hydrogen-bond acceptors (Lipinski definition) is 3. The van der Waals surface area contributed by atoms with Crippen molar-refractivity contribution in [3.8, 4) is 0 Å². The van der Waals surface area contributed by atoms with Crippen molar-refractivity contribution >= 4 is 0 Å². The van der Waals surface area contributed by atoms with Crippen LogP contribution in [0.2, 0.25) is 0 Å². The Labute approximate surface area is 131 Å². The van der Waals surface area contributed by atoms with Crippen molar-refractivity contribution in [1.82, 2.24) is 9.80 Å². The van der Waals surface area contributed by atoms with Gasteiger partial charge in [0.2, 0.25) is 0 Å². The van der Waals surface area contributed by atoms with Gasteiger partial charge in [-0.2, -0.15) is 0 Å². The summed E-state index contributed by atoms with van der Waals surface area (Å²) in [6.07, 6.45) is 8.07. The van der Waals surface area contributed by atoms with Crippen LogP contribution in [0.1, 0.15) is 59.3 Å². The van der Waals surface area contributed by atoms with Crippen LogP contribution in [0.15, 0.2) is 0 Å². The molecule has 3 atom stereocenters. The fourth-order valence-corrected chi connectivity index (χ4v) is 5.86. The molecule has 3 aliphatic rings. The van der Waals surface area contributed by atoms with Crippen LogP contribution in [-0.2, 0) is 0 Å². The Bertz CT molecular complexity index is 367. The first-order chi connectivity index (χ1) is 9.94. The van der Waals surface area contributed by atoms with Crippen molar-refractivity contribution in [3.05, 3.63) is 0 Å². The summed E-state index contributed by atoms with van der Waals surface area (Å²) in [7, 11) is 0. The summed E-state index contributed by atoms with van der Waals surface area (Å²) >= 11 is 0. The lowest BCUT2D eigenvalue weighted by atomic mass is 9.63. The second-order valence-corrected chi connectivity index (χ2v) is 8.91. The highest BCUT2D eigenvalue weighted by Gasteiger charge is 2.47. The molecule has 0 spiro atoms. The molecule has 21 heavy (non-hydrogen) atoms. The number of nitrogens with two attached hydrogens (primary N) is 1. The molecule has 1 aliphatic carbocycles. The lowest BCUT2D eigenvalue weighted by Crippen LogP contribution is -2.60. The van der Waals surface area contributed by atoms with Crippen LogP contribution in [0.4, 0.5) is 0 Å². The summed E-state index contributed by atoms with van der Waals surface area (Å²) < 4.78 is 0. The lowest BCUT2D eigenvalue weighted by Gasteiger charge is -2.53. The molecule has 2 aliphatic heterocycles. The maximum Gasteiger partial charge on any atom is 0.0340 e. The van der Waals surface area contributed by atoms with E-state index in [2.05, 4.69) is 30.6 Å². The minimum Gasteiger partial charge on any atom is -0.329 e. The fraction of sp³-hybridized carbons (Fsp3) is 1.00. The standard InChI is InChI=1S/C18H35N3/c1-15-10-17(2,3)13-18(11-15,14-19)21-9-5-8-20-7-4-6-16(20)12-21/h15-16H,4-14,19H2,1-3H3. The van der Waals surface area contributed by atoms with Gasteiger partial charge in [-0.1, -0.05) is 20.8 Å². The maximum absolute atomic E-state index is 6.39. The molecular weight excluding hydrogens is 258 g/mol. The molecule has 122 valence electrons. The van der Waals surface area contributed by atoms with E-state index >= 15 is 0 Å². The summed E-state index contributed by atoms with van der Waals surface area (Å²) in [5.41, 5.74) is 7.09. The van der Waals surface area contributed by atoms with Gasteiger partial charge in [0, 0.05) is 31.2 Å². The number of hydrogen-bond donors (Lipinski definition) is 1. The average molecular weight is 293 g/mol. The van der Waals surface area contributed by atoms with Crippen molar-refractivity contribution in [1.29, 1.82) is 0 Å². The lowest BCUT2D eigenvalue weighted by molar-refractivity contribution is -0.0145. The zero-order valence-corrected chi connectivity index (χ0v) is 14.4.